The molecule has 0 aliphatic heterocycles. The second-order valence-corrected chi connectivity index (χ2v) is 4.76. The third-order valence-electron chi connectivity index (χ3n) is 2.59. The average molecular weight is 224 g/mol. The molecule has 1 aromatic heterocycles. The number of nitrogens with zero attached hydrogens (tertiary/aromatic N) is 1. The van der Waals surface area contributed by atoms with Crippen LogP contribution in [0.2, 0.25) is 0 Å². The Labute approximate surface area is 97.3 Å². The van der Waals surface area contributed by atoms with Gasteiger partial charge in [-0.1, -0.05) is 13.8 Å². The maximum Gasteiger partial charge on any atom is 0.141 e. The third-order valence-corrected chi connectivity index (χ3v) is 2.59. The Kier molecular flexibility index (Phi) is 5.39. The molecule has 1 atom stereocenters. The molecule has 0 aliphatic carbocycles. The van der Waals surface area contributed by atoms with Gasteiger partial charge in [0.05, 0.1) is 6.20 Å². The van der Waals surface area contributed by atoms with Gasteiger partial charge in [-0.3, -0.25) is 4.98 Å². The van der Waals surface area contributed by atoms with E-state index in [1.54, 1.807) is 6.20 Å². The van der Waals surface area contributed by atoms with Crippen molar-refractivity contribution in [1.29, 1.82) is 0 Å². The predicted molar refractivity (Wildman–Crippen MR) is 64.6 cm³/mol. The number of pyridine rings is 1. The molecule has 16 heavy (non-hydrogen) atoms. The summed E-state index contributed by atoms with van der Waals surface area (Å²) in [6, 6.07) is 1.99. The molecule has 1 unspecified atom stereocenters. The van der Waals surface area contributed by atoms with Crippen molar-refractivity contribution in [3.63, 3.8) is 0 Å². The standard InChI is InChI=1S/C13H21FN2/c1-10(2)4-5-11(3)16-8-12-6-13(14)9-15-7-12/h6-7,9-11,16H,4-5,8H2,1-3H3. The van der Waals surface area contributed by atoms with Crippen LogP contribution in [0, 0.1) is 11.7 Å². The van der Waals surface area contributed by atoms with Crippen LogP contribution in [-0.2, 0) is 6.54 Å². The van der Waals surface area contributed by atoms with Gasteiger partial charge in [0.25, 0.3) is 0 Å². The van der Waals surface area contributed by atoms with Crippen LogP contribution in [0.25, 0.3) is 0 Å². The van der Waals surface area contributed by atoms with Gasteiger partial charge in [-0.2, -0.15) is 0 Å². The van der Waals surface area contributed by atoms with E-state index in [4.69, 9.17) is 0 Å². The van der Waals surface area contributed by atoms with E-state index in [-0.39, 0.29) is 5.82 Å². The highest BCUT2D eigenvalue weighted by Gasteiger charge is 2.03. The Bertz CT molecular complexity index is 313. The first-order valence-electron chi connectivity index (χ1n) is 5.90. The van der Waals surface area contributed by atoms with E-state index in [0.29, 0.717) is 12.6 Å². The second-order valence-electron chi connectivity index (χ2n) is 4.76. The molecular weight excluding hydrogens is 203 g/mol. The highest BCUT2D eigenvalue weighted by Crippen LogP contribution is 2.07. The highest BCUT2D eigenvalue weighted by molar-refractivity contribution is 5.09. The maximum atomic E-state index is 12.9. The molecule has 1 aromatic rings. The van der Waals surface area contributed by atoms with E-state index in [0.717, 1.165) is 17.9 Å². The lowest BCUT2D eigenvalue weighted by Crippen LogP contribution is -2.25. The Hall–Kier alpha value is -0.960. The first-order chi connectivity index (χ1) is 7.58. The van der Waals surface area contributed by atoms with Crippen molar-refractivity contribution in [2.75, 3.05) is 0 Å². The fourth-order valence-electron chi connectivity index (χ4n) is 1.53. The lowest BCUT2D eigenvalue weighted by molar-refractivity contribution is 0.450. The van der Waals surface area contributed by atoms with Gasteiger partial charge in [-0.15, -0.1) is 0 Å². The SMILES string of the molecule is CC(C)CCC(C)NCc1cncc(F)c1. The number of nitrogens with one attached hydrogen (secondary N) is 1. The largest absolute Gasteiger partial charge is 0.310 e. The molecule has 1 heterocycles. The quantitative estimate of drug-likeness (QED) is 0.803. The normalized spacial score (nSPS) is 13.1. The first kappa shape index (κ1) is 13.1. The Balaban J connectivity index is 2.28. The zero-order chi connectivity index (χ0) is 12.0. The molecule has 3 heteroatoms. The van der Waals surface area contributed by atoms with Crippen molar-refractivity contribution in [1.82, 2.24) is 10.3 Å². The molecule has 1 N–H and O–H groups in total. The van der Waals surface area contributed by atoms with Crippen LogP contribution in [0.1, 0.15) is 39.2 Å². The number of halogens is 1. The topological polar surface area (TPSA) is 24.9 Å². The van der Waals surface area contributed by atoms with E-state index in [2.05, 4.69) is 31.1 Å². The zero-order valence-electron chi connectivity index (χ0n) is 10.3. The number of hydrogen-bond donors (Lipinski definition) is 1. The van der Waals surface area contributed by atoms with Gasteiger partial charge in [0.15, 0.2) is 0 Å². The summed E-state index contributed by atoms with van der Waals surface area (Å²) in [6.45, 7) is 7.30. The van der Waals surface area contributed by atoms with Crippen molar-refractivity contribution < 1.29 is 4.39 Å². The Morgan fingerprint density at radius 2 is 2.00 bits per heavy atom. The molecular formula is C13H21FN2. The second kappa shape index (κ2) is 6.59. The number of hydrogen-bond acceptors (Lipinski definition) is 2. The van der Waals surface area contributed by atoms with Gasteiger partial charge in [-0.05, 0) is 37.3 Å². The molecule has 0 radical (unpaired) electrons. The fourth-order valence-corrected chi connectivity index (χ4v) is 1.53. The van der Waals surface area contributed by atoms with Gasteiger partial charge in [0.1, 0.15) is 5.82 Å². The minimum Gasteiger partial charge on any atom is -0.310 e. The summed E-state index contributed by atoms with van der Waals surface area (Å²) in [7, 11) is 0. The van der Waals surface area contributed by atoms with Crippen LogP contribution in [0.3, 0.4) is 0 Å². The zero-order valence-corrected chi connectivity index (χ0v) is 10.3. The smallest absolute Gasteiger partial charge is 0.141 e. The lowest BCUT2D eigenvalue weighted by Gasteiger charge is -2.14. The van der Waals surface area contributed by atoms with E-state index < -0.39 is 0 Å². The van der Waals surface area contributed by atoms with Crippen LogP contribution >= 0.6 is 0 Å². The molecule has 0 fully saturated rings. The fraction of sp³-hybridized carbons (Fsp3) is 0.615. The maximum absolute atomic E-state index is 12.9. The minimum atomic E-state index is -0.269. The molecule has 0 amide bonds. The van der Waals surface area contributed by atoms with Crippen LogP contribution < -0.4 is 5.32 Å². The monoisotopic (exact) mass is 224 g/mol. The first-order valence-corrected chi connectivity index (χ1v) is 5.90. The molecule has 0 aromatic carbocycles. The summed E-state index contributed by atoms with van der Waals surface area (Å²) in [6.07, 6.45) is 5.30. The van der Waals surface area contributed by atoms with Crippen LogP contribution in [0.15, 0.2) is 18.5 Å². The van der Waals surface area contributed by atoms with Crippen molar-refractivity contribution in [3.8, 4) is 0 Å². The van der Waals surface area contributed by atoms with Gasteiger partial charge in [0, 0.05) is 18.8 Å². The summed E-state index contributed by atoms with van der Waals surface area (Å²) in [5, 5.41) is 3.37. The van der Waals surface area contributed by atoms with Crippen molar-refractivity contribution in [2.24, 2.45) is 5.92 Å². The van der Waals surface area contributed by atoms with Gasteiger partial charge >= 0.3 is 0 Å². The van der Waals surface area contributed by atoms with E-state index >= 15 is 0 Å². The number of rotatable bonds is 6. The van der Waals surface area contributed by atoms with Crippen molar-refractivity contribution in [2.45, 2.75) is 46.2 Å². The number of aromatic nitrogens is 1. The molecule has 90 valence electrons. The summed E-state index contributed by atoms with van der Waals surface area (Å²) >= 11 is 0. The molecule has 0 saturated heterocycles. The van der Waals surface area contributed by atoms with Gasteiger partial charge in [0.2, 0.25) is 0 Å². The van der Waals surface area contributed by atoms with Crippen molar-refractivity contribution >= 4 is 0 Å². The molecule has 2 nitrogen and oxygen atoms in total. The average Bonchev–Trinajstić information content (AvgIpc) is 2.23. The lowest BCUT2D eigenvalue weighted by atomic mass is 10.0. The van der Waals surface area contributed by atoms with Crippen molar-refractivity contribution in [3.05, 3.63) is 29.8 Å². The predicted octanol–water partition coefficient (Wildman–Crippen LogP) is 3.14. The Morgan fingerprint density at radius 1 is 1.25 bits per heavy atom. The molecule has 1 rings (SSSR count). The molecule has 0 bridgehead atoms. The van der Waals surface area contributed by atoms with Crippen LogP contribution in [-0.4, -0.2) is 11.0 Å². The summed E-state index contributed by atoms with van der Waals surface area (Å²) in [5.74, 6) is 0.467. The van der Waals surface area contributed by atoms with E-state index in [1.807, 2.05) is 0 Å². The minimum absolute atomic E-state index is 0.269. The summed E-state index contributed by atoms with van der Waals surface area (Å²) in [5.41, 5.74) is 0.899. The molecule has 0 aliphatic rings. The summed E-state index contributed by atoms with van der Waals surface area (Å²) in [4.78, 5) is 3.82. The Morgan fingerprint density at radius 3 is 2.62 bits per heavy atom. The van der Waals surface area contributed by atoms with Crippen LogP contribution in [0.5, 0.6) is 0 Å². The molecule has 0 saturated carbocycles. The summed E-state index contributed by atoms with van der Waals surface area (Å²) < 4.78 is 12.9. The van der Waals surface area contributed by atoms with Gasteiger partial charge < -0.3 is 5.32 Å². The highest BCUT2D eigenvalue weighted by atomic mass is 19.1. The molecule has 0 spiro atoms. The van der Waals surface area contributed by atoms with E-state index in [1.165, 1.54) is 18.7 Å². The van der Waals surface area contributed by atoms with Gasteiger partial charge in [-0.25, -0.2) is 4.39 Å². The van der Waals surface area contributed by atoms with Crippen LogP contribution in [0.4, 0.5) is 4.39 Å². The van der Waals surface area contributed by atoms with E-state index in [9.17, 15) is 4.39 Å². The third kappa shape index (κ3) is 5.21.